The highest BCUT2D eigenvalue weighted by Crippen LogP contribution is 2.74. The Morgan fingerprint density at radius 3 is 1.54 bits per heavy atom. The molecular formula is C47H31NS2. The Hall–Kier alpha value is -5.74. The third-order valence-corrected chi connectivity index (χ3v) is 15.1. The first-order valence-electron chi connectivity index (χ1n) is 16.9. The number of thiophene rings is 1. The molecule has 50 heavy (non-hydrogen) atoms. The van der Waals surface area contributed by atoms with Crippen LogP contribution in [0.4, 0.5) is 0 Å². The number of fused-ring (bicyclic) bond motifs is 9. The number of pyridine rings is 1. The topological polar surface area (TPSA) is 12.9 Å². The molecule has 2 aromatic heterocycles. The lowest BCUT2D eigenvalue weighted by Gasteiger charge is -2.42. The van der Waals surface area contributed by atoms with Crippen molar-refractivity contribution in [1.29, 1.82) is 0 Å². The van der Waals surface area contributed by atoms with Crippen LogP contribution in [0.25, 0.3) is 63.7 Å². The molecule has 0 radical (unpaired) electrons. The first-order valence-corrected chi connectivity index (χ1v) is 19.4. The van der Waals surface area contributed by atoms with Gasteiger partial charge in [0.05, 0.1) is 10.4 Å². The smallest absolute Gasteiger partial charge is 0.0880 e. The van der Waals surface area contributed by atoms with Crippen LogP contribution < -0.4 is 0 Å². The zero-order valence-electron chi connectivity index (χ0n) is 27.2. The van der Waals surface area contributed by atoms with Crippen LogP contribution >= 0.6 is 21.4 Å². The van der Waals surface area contributed by atoms with Crippen LogP contribution in [0, 0.1) is 0 Å². The van der Waals surface area contributed by atoms with Gasteiger partial charge in [0.15, 0.2) is 0 Å². The highest BCUT2D eigenvalue weighted by Gasteiger charge is 2.34. The summed E-state index contributed by atoms with van der Waals surface area (Å²) in [5.74, 6) is 0. The van der Waals surface area contributed by atoms with Crippen LogP contribution in [0.3, 0.4) is 0 Å². The van der Waals surface area contributed by atoms with Crippen LogP contribution in [0.2, 0.25) is 0 Å². The summed E-state index contributed by atoms with van der Waals surface area (Å²) in [6, 6.07) is 67.3. The fourth-order valence-corrected chi connectivity index (χ4v) is 13.0. The molecule has 10 aromatic rings. The van der Waals surface area contributed by atoms with E-state index in [0.29, 0.717) is 0 Å². The molecular weight excluding hydrogens is 643 g/mol. The summed E-state index contributed by atoms with van der Waals surface area (Å²) in [7, 11) is -1.96. The molecule has 0 saturated carbocycles. The second kappa shape index (κ2) is 11.7. The molecule has 2 heterocycles. The quantitative estimate of drug-likeness (QED) is 0.166. The van der Waals surface area contributed by atoms with Crippen LogP contribution in [0.1, 0.15) is 0 Å². The van der Waals surface area contributed by atoms with Crippen molar-refractivity contribution in [3.05, 3.63) is 188 Å². The molecule has 0 aliphatic carbocycles. The van der Waals surface area contributed by atoms with E-state index < -0.39 is 10.0 Å². The molecule has 0 N–H and O–H groups in total. The minimum atomic E-state index is -1.96. The van der Waals surface area contributed by atoms with E-state index in [1.165, 1.54) is 72.1 Å². The maximum absolute atomic E-state index is 5.04. The Morgan fingerprint density at radius 2 is 0.880 bits per heavy atom. The van der Waals surface area contributed by atoms with Crippen molar-refractivity contribution in [2.75, 3.05) is 0 Å². The van der Waals surface area contributed by atoms with Gasteiger partial charge in [0.1, 0.15) is 0 Å². The summed E-state index contributed by atoms with van der Waals surface area (Å²) in [6.07, 6.45) is 1.97. The van der Waals surface area contributed by atoms with Gasteiger partial charge in [-0.15, -0.1) is 21.4 Å². The molecule has 0 bridgehead atoms. The number of aromatic nitrogens is 1. The summed E-state index contributed by atoms with van der Waals surface area (Å²) in [6.45, 7) is 0. The van der Waals surface area contributed by atoms with Gasteiger partial charge < -0.3 is 0 Å². The molecule has 0 unspecified atom stereocenters. The lowest BCUT2D eigenvalue weighted by Crippen LogP contribution is -2.05. The maximum atomic E-state index is 5.04. The third-order valence-electron chi connectivity index (χ3n) is 10.0. The van der Waals surface area contributed by atoms with Crippen LogP contribution in [0.5, 0.6) is 0 Å². The number of nitrogens with zero attached hydrogens (tertiary/aromatic N) is 1. The summed E-state index contributed by atoms with van der Waals surface area (Å²) in [5, 5.41) is 10.3. The van der Waals surface area contributed by atoms with E-state index in [9.17, 15) is 0 Å². The summed E-state index contributed by atoms with van der Waals surface area (Å²) < 4.78 is 2.52. The Bertz CT molecular complexity index is 2800. The molecule has 10 rings (SSSR count). The molecule has 0 amide bonds. The second-order valence-corrected chi connectivity index (χ2v) is 16.9. The molecule has 0 aliphatic rings. The molecule has 0 saturated heterocycles. The fraction of sp³-hybridized carbons (Fsp3) is 0. The number of rotatable bonds is 5. The number of hydrogen-bond donors (Lipinski definition) is 0. The summed E-state index contributed by atoms with van der Waals surface area (Å²) in [5.41, 5.74) is 2.18. The van der Waals surface area contributed by atoms with Crippen LogP contribution in [-0.4, -0.2) is 4.98 Å². The normalized spacial score (nSPS) is 12.3. The second-order valence-electron chi connectivity index (χ2n) is 12.7. The van der Waals surface area contributed by atoms with E-state index in [1.54, 1.807) is 0 Å². The standard InChI is InChI=1S/C47H31NS2/c1-3-15-33(16-4-1)50(34-17-5-2-6-18-34,36-26-27-41-39-22-8-7-20-37(39)38-21-9-10-23-40(38)44(41)31-36)35-19-13-14-32(30-35)46-47-43(28-29-48-46)42-24-11-12-25-45(42)49-47/h1-31H. The van der Waals surface area contributed by atoms with Gasteiger partial charge in [-0.25, -0.2) is 0 Å². The average molecular weight is 674 g/mol. The van der Waals surface area contributed by atoms with Gasteiger partial charge in [-0.05, 0) is 93.0 Å². The highest BCUT2D eigenvalue weighted by molar-refractivity contribution is 8.34. The molecule has 0 atom stereocenters. The average Bonchev–Trinajstić information content (AvgIpc) is 3.58. The molecule has 8 aromatic carbocycles. The molecule has 236 valence electrons. The van der Waals surface area contributed by atoms with Gasteiger partial charge in [0, 0.05) is 46.8 Å². The van der Waals surface area contributed by atoms with E-state index in [4.69, 9.17) is 4.98 Å². The first kappa shape index (κ1) is 29.2. The van der Waals surface area contributed by atoms with Gasteiger partial charge in [-0.2, -0.15) is 0 Å². The molecule has 0 spiro atoms. The van der Waals surface area contributed by atoms with Crippen molar-refractivity contribution < 1.29 is 0 Å². The lowest BCUT2D eigenvalue weighted by atomic mass is 9.94. The van der Waals surface area contributed by atoms with Crippen molar-refractivity contribution in [2.45, 2.75) is 19.6 Å². The van der Waals surface area contributed by atoms with Gasteiger partial charge in [-0.1, -0.05) is 121 Å². The van der Waals surface area contributed by atoms with Crippen LogP contribution in [-0.2, 0) is 0 Å². The minimum Gasteiger partial charge on any atom is -0.255 e. The molecule has 0 fully saturated rings. The lowest BCUT2D eigenvalue weighted by molar-refractivity contribution is 1.24. The van der Waals surface area contributed by atoms with E-state index >= 15 is 0 Å². The van der Waals surface area contributed by atoms with Crippen molar-refractivity contribution in [1.82, 2.24) is 4.98 Å². The van der Waals surface area contributed by atoms with Crippen molar-refractivity contribution in [3.63, 3.8) is 0 Å². The first-order chi connectivity index (χ1) is 24.8. The summed E-state index contributed by atoms with van der Waals surface area (Å²) in [4.78, 5) is 10.3. The highest BCUT2D eigenvalue weighted by atomic mass is 32.3. The van der Waals surface area contributed by atoms with E-state index in [1.807, 2.05) is 17.5 Å². The summed E-state index contributed by atoms with van der Waals surface area (Å²) >= 11 is 1.83. The SMILES string of the molecule is c1ccc(S(c2ccccc2)(c2cccc(-c3nccc4c3sc3ccccc34)c2)c2ccc3c4ccccc4c4ccccc4c3c2)cc1. The Balaban J connectivity index is 1.30. The van der Waals surface area contributed by atoms with Crippen molar-refractivity contribution in [2.24, 2.45) is 0 Å². The van der Waals surface area contributed by atoms with Gasteiger partial charge in [0.25, 0.3) is 0 Å². The van der Waals surface area contributed by atoms with E-state index in [2.05, 4.69) is 182 Å². The maximum Gasteiger partial charge on any atom is 0.0880 e. The minimum absolute atomic E-state index is 1.04. The van der Waals surface area contributed by atoms with Crippen molar-refractivity contribution in [3.8, 4) is 11.3 Å². The predicted octanol–water partition coefficient (Wildman–Crippen LogP) is 13.9. The van der Waals surface area contributed by atoms with Gasteiger partial charge in [0.2, 0.25) is 0 Å². The molecule has 3 heteroatoms. The van der Waals surface area contributed by atoms with Crippen molar-refractivity contribution >= 4 is 73.9 Å². The third kappa shape index (κ3) is 4.37. The van der Waals surface area contributed by atoms with Gasteiger partial charge >= 0.3 is 0 Å². The van der Waals surface area contributed by atoms with Gasteiger partial charge in [-0.3, -0.25) is 4.98 Å². The van der Waals surface area contributed by atoms with Crippen LogP contribution in [0.15, 0.2) is 208 Å². The largest absolute Gasteiger partial charge is 0.255 e. The number of benzene rings is 8. The molecule has 1 nitrogen and oxygen atoms in total. The Labute approximate surface area is 296 Å². The number of hydrogen-bond acceptors (Lipinski definition) is 2. The van der Waals surface area contributed by atoms with E-state index in [-0.39, 0.29) is 0 Å². The van der Waals surface area contributed by atoms with E-state index in [0.717, 1.165) is 11.3 Å². The monoisotopic (exact) mass is 673 g/mol. The zero-order chi connectivity index (χ0) is 33.1. The fourth-order valence-electron chi connectivity index (χ4n) is 7.83. The Morgan fingerprint density at radius 1 is 0.360 bits per heavy atom. The zero-order valence-corrected chi connectivity index (χ0v) is 28.8. The molecule has 0 aliphatic heterocycles. The Kier molecular flexibility index (Phi) is 6.83. The predicted molar refractivity (Wildman–Crippen MR) is 215 cm³/mol.